The molecule has 0 bridgehead atoms. The van der Waals surface area contributed by atoms with Gasteiger partial charge in [-0.1, -0.05) is 0 Å². The van der Waals surface area contributed by atoms with Crippen molar-refractivity contribution in [1.29, 1.82) is 0 Å². The molecule has 2 fully saturated rings. The zero-order valence-corrected chi connectivity index (χ0v) is 16.7. The Morgan fingerprint density at radius 3 is 2.46 bits per heavy atom. The summed E-state index contributed by atoms with van der Waals surface area (Å²) in [6, 6.07) is 3.45. The maximum Gasteiger partial charge on any atom is 0.289 e. The highest BCUT2D eigenvalue weighted by Crippen LogP contribution is 2.23. The van der Waals surface area contributed by atoms with Crippen LogP contribution in [0.3, 0.4) is 0 Å². The molecule has 142 valence electrons. The second kappa shape index (κ2) is 7.82. The molecule has 1 unspecified atom stereocenters. The number of likely N-dealkylation sites (tertiary alicyclic amines) is 1. The number of carbonyl (C=O) groups is 3. The lowest BCUT2D eigenvalue weighted by Crippen LogP contribution is -2.41. The predicted octanol–water partition coefficient (Wildman–Crippen LogP) is 1.97. The van der Waals surface area contributed by atoms with Gasteiger partial charge in [0.15, 0.2) is 10.4 Å². The molecule has 1 atom stereocenters. The monoisotopic (exact) mass is 425 g/mol. The summed E-state index contributed by atoms with van der Waals surface area (Å²) in [5.41, 5.74) is 0. The van der Waals surface area contributed by atoms with E-state index in [1.807, 2.05) is 13.8 Å². The number of rotatable bonds is 3. The van der Waals surface area contributed by atoms with Gasteiger partial charge in [-0.05, 0) is 48.3 Å². The maximum absolute atomic E-state index is 12.8. The molecule has 2 aliphatic rings. The topological polar surface area (TPSA) is 74.1 Å². The lowest BCUT2D eigenvalue weighted by atomic mass is 10.1. The summed E-state index contributed by atoms with van der Waals surface area (Å²) in [6.07, 6.45) is 1.00. The van der Waals surface area contributed by atoms with Gasteiger partial charge in [-0.25, -0.2) is 0 Å². The van der Waals surface area contributed by atoms with Crippen LogP contribution >= 0.6 is 15.9 Å². The second-order valence-electron chi connectivity index (χ2n) is 7.12. The largest absolute Gasteiger partial charge is 0.444 e. The minimum absolute atomic E-state index is 0.0246. The number of hydrogen-bond acceptors (Lipinski definition) is 4. The van der Waals surface area contributed by atoms with Gasteiger partial charge in [0.25, 0.3) is 5.91 Å². The van der Waals surface area contributed by atoms with E-state index in [0.717, 1.165) is 0 Å². The Labute approximate surface area is 161 Å². The van der Waals surface area contributed by atoms with Gasteiger partial charge in [0.2, 0.25) is 11.8 Å². The van der Waals surface area contributed by atoms with Crippen molar-refractivity contribution in [2.45, 2.75) is 32.7 Å². The average molecular weight is 426 g/mol. The van der Waals surface area contributed by atoms with E-state index in [0.29, 0.717) is 49.6 Å². The Balaban J connectivity index is 1.59. The van der Waals surface area contributed by atoms with Gasteiger partial charge in [0.1, 0.15) is 0 Å². The molecule has 0 aromatic carbocycles. The summed E-state index contributed by atoms with van der Waals surface area (Å²) < 4.78 is 5.86. The molecule has 0 saturated carbocycles. The number of carbonyl (C=O) groups excluding carboxylic acids is 3. The normalized spacial score (nSPS) is 21.5. The molecule has 2 saturated heterocycles. The Bertz CT molecular complexity index is 702. The summed E-state index contributed by atoms with van der Waals surface area (Å²) in [4.78, 5) is 42.7. The Hall–Kier alpha value is -1.83. The molecule has 0 spiro atoms. The molecule has 3 amide bonds. The van der Waals surface area contributed by atoms with E-state index in [1.165, 1.54) is 0 Å². The summed E-state index contributed by atoms with van der Waals surface area (Å²) in [5, 5.41) is 0. The van der Waals surface area contributed by atoms with Crippen LogP contribution in [0.1, 0.15) is 37.2 Å². The molecular formula is C18H24BrN3O4. The van der Waals surface area contributed by atoms with Gasteiger partial charge >= 0.3 is 0 Å². The molecule has 3 rings (SSSR count). The van der Waals surface area contributed by atoms with E-state index in [2.05, 4.69) is 15.9 Å². The van der Waals surface area contributed by atoms with E-state index in [4.69, 9.17) is 4.42 Å². The van der Waals surface area contributed by atoms with E-state index >= 15 is 0 Å². The first kappa shape index (κ1) is 18.9. The standard InChI is InChI=1S/C18H24BrN3O4/c1-12(2)22-11-13(10-16(22)23)17(24)20-6-3-7-21(9-8-20)18(25)14-4-5-15(19)26-14/h4-5,12-13H,3,6-11H2,1-2H3. The molecule has 0 radical (unpaired) electrons. The van der Waals surface area contributed by atoms with Crippen molar-refractivity contribution in [3.63, 3.8) is 0 Å². The van der Waals surface area contributed by atoms with Gasteiger partial charge in [0, 0.05) is 45.2 Å². The summed E-state index contributed by atoms with van der Waals surface area (Å²) in [7, 11) is 0. The van der Waals surface area contributed by atoms with Gasteiger partial charge in [-0.15, -0.1) is 0 Å². The Morgan fingerprint density at radius 1 is 1.15 bits per heavy atom. The highest BCUT2D eigenvalue weighted by Gasteiger charge is 2.38. The molecule has 7 nitrogen and oxygen atoms in total. The van der Waals surface area contributed by atoms with Crippen LogP contribution in [0.15, 0.2) is 21.2 Å². The van der Waals surface area contributed by atoms with Crippen LogP contribution in [0.2, 0.25) is 0 Å². The van der Waals surface area contributed by atoms with Gasteiger partial charge in [0.05, 0.1) is 5.92 Å². The van der Waals surface area contributed by atoms with Crippen LogP contribution in [0, 0.1) is 5.92 Å². The maximum atomic E-state index is 12.8. The average Bonchev–Trinajstić information content (AvgIpc) is 3.11. The number of nitrogens with zero attached hydrogens (tertiary/aromatic N) is 3. The van der Waals surface area contributed by atoms with Crippen LogP contribution in [0.5, 0.6) is 0 Å². The Morgan fingerprint density at radius 2 is 1.85 bits per heavy atom. The van der Waals surface area contributed by atoms with Crippen molar-refractivity contribution >= 4 is 33.7 Å². The van der Waals surface area contributed by atoms with Crippen molar-refractivity contribution in [3.05, 3.63) is 22.6 Å². The fourth-order valence-corrected chi connectivity index (χ4v) is 3.89. The summed E-state index contributed by atoms with van der Waals surface area (Å²) in [5.74, 6) is -0.0595. The van der Waals surface area contributed by atoms with Crippen molar-refractivity contribution in [2.24, 2.45) is 5.92 Å². The molecule has 1 aromatic rings. The quantitative estimate of drug-likeness (QED) is 0.741. The van der Waals surface area contributed by atoms with E-state index in [9.17, 15) is 14.4 Å². The van der Waals surface area contributed by atoms with Crippen LogP contribution in [-0.4, -0.2) is 71.2 Å². The molecule has 1 aromatic heterocycles. The Kier molecular flexibility index (Phi) is 5.70. The van der Waals surface area contributed by atoms with Crippen LogP contribution < -0.4 is 0 Å². The molecule has 0 N–H and O–H groups in total. The minimum atomic E-state index is -0.270. The number of amides is 3. The van der Waals surface area contributed by atoms with Crippen LogP contribution in [-0.2, 0) is 9.59 Å². The van der Waals surface area contributed by atoms with Crippen molar-refractivity contribution < 1.29 is 18.8 Å². The highest BCUT2D eigenvalue weighted by atomic mass is 79.9. The smallest absolute Gasteiger partial charge is 0.289 e. The summed E-state index contributed by atoms with van der Waals surface area (Å²) >= 11 is 3.20. The fourth-order valence-electron chi connectivity index (χ4n) is 3.58. The first-order valence-corrected chi connectivity index (χ1v) is 9.79. The van der Waals surface area contributed by atoms with E-state index in [-0.39, 0.29) is 36.1 Å². The van der Waals surface area contributed by atoms with Crippen LogP contribution in [0.25, 0.3) is 0 Å². The molecule has 3 heterocycles. The van der Waals surface area contributed by atoms with Gasteiger partial charge in [-0.2, -0.15) is 0 Å². The van der Waals surface area contributed by atoms with Crippen molar-refractivity contribution in [3.8, 4) is 0 Å². The fraction of sp³-hybridized carbons (Fsp3) is 0.611. The van der Waals surface area contributed by atoms with Gasteiger partial charge in [-0.3, -0.25) is 14.4 Å². The molecule has 2 aliphatic heterocycles. The van der Waals surface area contributed by atoms with Crippen molar-refractivity contribution in [2.75, 3.05) is 32.7 Å². The third-order valence-electron chi connectivity index (χ3n) is 5.01. The highest BCUT2D eigenvalue weighted by molar-refractivity contribution is 9.10. The lowest BCUT2D eigenvalue weighted by molar-refractivity contribution is -0.135. The number of hydrogen-bond donors (Lipinski definition) is 0. The van der Waals surface area contributed by atoms with Crippen LogP contribution in [0.4, 0.5) is 0 Å². The SMILES string of the molecule is CC(C)N1CC(C(=O)N2CCCN(C(=O)c3ccc(Br)o3)CC2)CC1=O. The number of halogens is 1. The zero-order chi connectivity index (χ0) is 18.8. The predicted molar refractivity (Wildman–Crippen MR) is 98.5 cm³/mol. The third-order valence-corrected chi connectivity index (χ3v) is 5.44. The third kappa shape index (κ3) is 3.95. The first-order valence-electron chi connectivity index (χ1n) is 8.99. The van der Waals surface area contributed by atoms with E-state index in [1.54, 1.807) is 26.8 Å². The zero-order valence-electron chi connectivity index (χ0n) is 15.1. The second-order valence-corrected chi connectivity index (χ2v) is 7.90. The summed E-state index contributed by atoms with van der Waals surface area (Å²) in [6.45, 7) is 6.57. The van der Waals surface area contributed by atoms with Gasteiger partial charge < -0.3 is 19.1 Å². The molecule has 8 heteroatoms. The molecule has 0 aliphatic carbocycles. The lowest BCUT2D eigenvalue weighted by Gasteiger charge is -2.25. The minimum Gasteiger partial charge on any atom is -0.444 e. The molecular weight excluding hydrogens is 402 g/mol. The van der Waals surface area contributed by atoms with E-state index < -0.39 is 0 Å². The molecule has 26 heavy (non-hydrogen) atoms. The van der Waals surface area contributed by atoms with Crippen molar-refractivity contribution in [1.82, 2.24) is 14.7 Å². The first-order chi connectivity index (χ1) is 12.4. The number of furan rings is 1.